The summed E-state index contributed by atoms with van der Waals surface area (Å²) in [5, 5.41) is 6.02. The zero-order valence-corrected chi connectivity index (χ0v) is 13.7. The summed E-state index contributed by atoms with van der Waals surface area (Å²) in [6.45, 7) is 1.45. The van der Waals surface area contributed by atoms with E-state index in [0.29, 0.717) is 0 Å². The molecule has 9 heteroatoms. The predicted octanol–water partition coefficient (Wildman–Crippen LogP) is 0.178. The van der Waals surface area contributed by atoms with E-state index in [-0.39, 0.29) is 35.8 Å². The van der Waals surface area contributed by atoms with Gasteiger partial charge in [-0.1, -0.05) is 18.2 Å². The van der Waals surface area contributed by atoms with Crippen molar-refractivity contribution in [1.82, 2.24) is 9.71 Å². The molecule has 2 heterocycles. The van der Waals surface area contributed by atoms with Gasteiger partial charge in [-0.15, -0.1) is 12.4 Å². The molecule has 1 unspecified atom stereocenters. The molecule has 3 atom stereocenters. The first-order valence-electron chi connectivity index (χ1n) is 7.09. The highest BCUT2D eigenvalue weighted by Gasteiger charge is 2.57. The van der Waals surface area contributed by atoms with Gasteiger partial charge in [-0.25, -0.2) is 5.14 Å². The molecule has 7 nitrogen and oxygen atoms in total. The molecule has 4 N–H and O–H groups in total. The molecule has 0 spiro atoms. The van der Waals surface area contributed by atoms with Crippen LogP contribution in [0, 0.1) is 11.8 Å². The molecule has 2 aliphatic rings. The highest BCUT2D eigenvalue weighted by Crippen LogP contribution is 2.47. The highest BCUT2D eigenvalue weighted by atomic mass is 35.5. The quantitative estimate of drug-likeness (QED) is 0.728. The van der Waals surface area contributed by atoms with E-state index in [1.165, 1.54) is 0 Å². The van der Waals surface area contributed by atoms with Gasteiger partial charge < -0.3 is 9.88 Å². The lowest BCUT2D eigenvalue weighted by Crippen LogP contribution is -2.38. The van der Waals surface area contributed by atoms with E-state index in [1.807, 2.05) is 24.3 Å². The van der Waals surface area contributed by atoms with Gasteiger partial charge in [0.2, 0.25) is 5.56 Å². The monoisotopic (exact) mass is 356 g/mol. The number of fused-ring (bicyclic) bond motifs is 2. The van der Waals surface area contributed by atoms with Crippen molar-refractivity contribution in [3.05, 3.63) is 40.7 Å². The number of para-hydroxylation sites is 1. The molecular weight excluding hydrogens is 340 g/mol. The molecule has 0 bridgehead atoms. The van der Waals surface area contributed by atoms with Crippen LogP contribution in [0.15, 0.2) is 35.1 Å². The lowest BCUT2D eigenvalue weighted by molar-refractivity contribution is 0.572. The second-order valence-corrected chi connectivity index (χ2v) is 7.31. The van der Waals surface area contributed by atoms with Crippen LogP contribution in [-0.2, 0) is 10.2 Å². The van der Waals surface area contributed by atoms with E-state index in [4.69, 9.17) is 5.14 Å². The van der Waals surface area contributed by atoms with Crippen molar-refractivity contribution in [3.8, 4) is 0 Å². The number of piperidine rings is 1. The van der Waals surface area contributed by atoms with Crippen LogP contribution < -0.4 is 20.3 Å². The number of aromatic nitrogens is 1. The first-order chi connectivity index (χ1) is 10.4. The van der Waals surface area contributed by atoms with Crippen LogP contribution in [0.1, 0.15) is 0 Å². The lowest BCUT2D eigenvalue weighted by Gasteiger charge is -2.23. The predicted molar refractivity (Wildman–Crippen MR) is 91.0 cm³/mol. The molecule has 0 amide bonds. The van der Waals surface area contributed by atoms with Crippen LogP contribution in [0.5, 0.6) is 0 Å². The number of benzene rings is 1. The standard InChI is InChI=1S/C14H16N4O3S.ClH/c15-22(20,21)17-14-9-6-18(7-10(9)14)12-5-13(19)16-11-4-2-1-3-8(11)12;/h1-5,9-10,14,17H,6-7H2,(H,16,19)(H2,15,20,21);1H/t9-,10+,14?;. The number of nitrogens with one attached hydrogen (secondary N) is 2. The fourth-order valence-corrected chi connectivity index (χ4v) is 4.26. The Balaban J connectivity index is 0.00000156. The minimum Gasteiger partial charge on any atom is -0.370 e. The topological polar surface area (TPSA) is 108 Å². The third kappa shape index (κ3) is 2.94. The molecule has 1 saturated carbocycles. The lowest BCUT2D eigenvalue weighted by atomic mass is 10.1. The van der Waals surface area contributed by atoms with Gasteiger partial charge in [-0.3, -0.25) is 4.79 Å². The zero-order valence-electron chi connectivity index (χ0n) is 12.1. The number of hydrogen-bond acceptors (Lipinski definition) is 4. The summed E-state index contributed by atoms with van der Waals surface area (Å²) in [5.41, 5.74) is 1.58. The molecule has 0 radical (unpaired) electrons. The normalized spacial score (nSPS) is 26.0. The number of aromatic amines is 1. The molecule has 4 rings (SSSR count). The van der Waals surface area contributed by atoms with Crippen molar-refractivity contribution >= 4 is 39.2 Å². The molecule has 2 aromatic rings. The summed E-state index contributed by atoms with van der Waals surface area (Å²) in [5.74, 6) is 0.521. The van der Waals surface area contributed by atoms with Gasteiger partial charge in [-0.05, 0) is 17.9 Å². The van der Waals surface area contributed by atoms with Crippen LogP contribution in [0.25, 0.3) is 10.9 Å². The Labute approximate surface area is 139 Å². The Morgan fingerprint density at radius 3 is 2.52 bits per heavy atom. The zero-order chi connectivity index (χ0) is 15.5. The van der Waals surface area contributed by atoms with Gasteiger partial charge >= 0.3 is 0 Å². The van der Waals surface area contributed by atoms with E-state index >= 15 is 0 Å². The fraction of sp³-hybridized carbons (Fsp3) is 0.357. The smallest absolute Gasteiger partial charge is 0.274 e. The van der Waals surface area contributed by atoms with E-state index in [9.17, 15) is 13.2 Å². The molecule has 124 valence electrons. The summed E-state index contributed by atoms with van der Waals surface area (Å²) in [4.78, 5) is 16.8. The van der Waals surface area contributed by atoms with Gasteiger partial charge in [0.1, 0.15) is 0 Å². The number of halogens is 1. The van der Waals surface area contributed by atoms with Crippen molar-refractivity contribution < 1.29 is 8.42 Å². The van der Waals surface area contributed by atoms with Crippen LogP contribution in [0.4, 0.5) is 5.69 Å². The van der Waals surface area contributed by atoms with E-state index in [2.05, 4.69) is 14.6 Å². The average molecular weight is 357 g/mol. The molecule has 1 aliphatic heterocycles. The first-order valence-corrected chi connectivity index (χ1v) is 8.64. The largest absolute Gasteiger partial charge is 0.370 e. The highest BCUT2D eigenvalue weighted by molar-refractivity contribution is 7.87. The van der Waals surface area contributed by atoms with Crippen LogP contribution in [0.2, 0.25) is 0 Å². The number of H-pyrrole nitrogens is 1. The maximum atomic E-state index is 11.8. The molecular formula is C14H17ClN4O3S. The maximum absolute atomic E-state index is 11.8. The minimum atomic E-state index is -3.65. The van der Waals surface area contributed by atoms with E-state index in [0.717, 1.165) is 29.7 Å². The summed E-state index contributed by atoms with van der Waals surface area (Å²) in [6.07, 6.45) is 0. The molecule has 23 heavy (non-hydrogen) atoms. The Morgan fingerprint density at radius 1 is 1.22 bits per heavy atom. The third-order valence-corrected chi connectivity index (χ3v) is 5.16. The molecule has 1 aliphatic carbocycles. The van der Waals surface area contributed by atoms with Crippen molar-refractivity contribution in [2.45, 2.75) is 6.04 Å². The van der Waals surface area contributed by atoms with E-state index < -0.39 is 10.2 Å². The summed E-state index contributed by atoms with van der Waals surface area (Å²) in [7, 11) is -3.65. The first kappa shape index (κ1) is 16.3. The number of pyridine rings is 1. The third-order valence-electron chi connectivity index (χ3n) is 4.56. The van der Waals surface area contributed by atoms with Crippen molar-refractivity contribution in [1.29, 1.82) is 0 Å². The number of nitrogens with zero attached hydrogens (tertiary/aromatic N) is 1. The molecule has 2 fully saturated rings. The summed E-state index contributed by atoms with van der Waals surface area (Å²) in [6, 6.07) is 9.21. The molecule has 1 aromatic heterocycles. The number of anilines is 1. The van der Waals surface area contributed by atoms with Gasteiger partial charge in [0.15, 0.2) is 0 Å². The Hall–Kier alpha value is -1.61. The molecule has 1 aromatic carbocycles. The van der Waals surface area contributed by atoms with Crippen molar-refractivity contribution in [3.63, 3.8) is 0 Å². The van der Waals surface area contributed by atoms with Crippen LogP contribution >= 0.6 is 12.4 Å². The van der Waals surface area contributed by atoms with Crippen LogP contribution in [0.3, 0.4) is 0 Å². The Kier molecular flexibility index (Phi) is 3.88. The number of nitrogens with two attached hydrogens (primary N) is 1. The average Bonchev–Trinajstić information content (AvgIpc) is 2.89. The van der Waals surface area contributed by atoms with Gasteiger partial charge in [0.05, 0.1) is 11.2 Å². The summed E-state index contributed by atoms with van der Waals surface area (Å²) < 4.78 is 24.7. The Bertz CT molecular complexity index is 902. The van der Waals surface area contributed by atoms with Gasteiger partial charge in [-0.2, -0.15) is 13.1 Å². The Morgan fingerprint density at radius 2 is 1.87 bits per heavy atom. The minimum absolute atomic E-state index is 0. The van der Waals surface area contributed by atoms with Gasteiger partial charge in [0, 0.05) is 30.6 Å². The number of hydrogen-bond donors (Lipinski definition) is 3. The second-order valence-electron chi connectivity index (χ2n) is 5.99. The SMILES string of the molecule is Cl.NS(=O)(=O)NC1[C@H]2CN(c3cc(=O)[nH]c4ccccc34)C[C@@H]12. The van der Waals surface area contributed by atoms with Crippen molar-refractivity contribution in [2.24, 2.45) is 17.0 Å². The maximum Gasteiger partial charge on any atom is 0.274 e. The summed E-state index contributed by atoms with van der Waals surface area (Å²) >= 11 is 0. The van der Waals surface area contributed by atoms with E-state index in [1.54, 1.807) is 6.07 Å². The fourth-order valence-electron chi connectivity index (χ4n) is 3.54. The van der Waals surface area contributed by atoms with Crippen LogP contribution in [-0.4, -0.2) is 32.5 Å². The van der Waals surface area contributed by atoms with Gasteiger partial charge in [0.25, 0.3) is 10.2 Å². The second kappa shape index (κ2) is 5.48. The number of rotatable bonds is 3. The molecule has 1 saturated heterocycles. The van der Waals surface area contributed by atoms with Crippen molar-refractivity contribution in [2.75, 3.05) is 18.0 Å².